The third-order valence-electron chi connectivity index (χ3n) is 2.86. The molecule has 0 unspecified atom stereocenters. The van der Waals surface area contributed by atoms with Gasteiger partial charge >= 0.3 is 26.2 Å². The number of carboxylic acid groups (broad SMARTS) is 2. The van der Waals surface area contributed by atoms with Crippen LogP contribution in [-0.2, 0) is 0 Å². The van der Waals surface area contributed by atoms with Gasteiger partial charge in [-0.25, -0.2) is 9.59 Å². The first kappa shape index (κ1) is 19.4. The summed E-state index contributed by atoms with van der Waals surface area (Å²) < 4.78 is 0. The molecule has 0 radical (unpaired) electrons. The first-order valence-electron chi connectivity index (χ1n) is 6.61. The van der Waals surface area contributed by atoms with Gasteiger partial charge in [0.1, 0.15) is 0 Å². The summed E-state index contributed by atoms with van der Waals surface area (Å²) in [6.07, 6.45) is 0. The molecule has 2 aromatic rings. The van der Waals surface area contributed by atoms with Crippen LogP contribution in [0.4, 0.5) is 0 Å². The Bertz CT molecular complexity index is 656. The first-order chi connectivity index (χ1) is 11.2. The molecule has 10 heteroatoms. The molecule has 0 saturated carbocycles. The zero-order chi connectivity index (χ0) is 18.3. The van der Waals surface area contributed by atoms with Crippen LogP contribution >= 0.6 is 0 Å². The van der Waals surface area contributed by atoms with Gasteiger partial charge in [-0.1, -0.05) is 24.3 Å². The third-order valence-corrected chi connectivity index (χ3v) is 2.86. The predicted octanol–water partition coefficient (Wildman–Crippen LogP) is -1.87. The standard InChI is InChI=1S/2C7H7BO4/c2*9-7(10)5-2-1-3-6(4-5)8(11)12/h2*1-4,11-12H,(H,9,10). The van der Waals surface area contributed by atoms with E-state index in [1.807, 2.05) is 0 Å². The highest BCUT2D eigenvalue weighted by atomic mass is 16.4. The highest BCUT2D eigenvalue weighted by Crippen LogP contribution is 1.97. The second-order valence-electron chi connectivity index (χ2n) is 4.61. The number of aromatic carboxylic acids is 2. The molecule has 0 aromatic heterocycles. The van der Waals surface area contributed by atoms with Crippen LogP contribution in [0.3, 0.4) is 0 Å². The van der Waals surface area contributed by atoms with E-state index >= 15 is 0 Å². The van der Waals surface area contributed by atoms with Crippen molar-refractivity contribution in [2.24, 2.45) is 0 Å². The minimum atomic E-state index is -1.62. The second kappa shape index (κ2) is 8.85. The van der Waals surface area contributed by atoms with Crippen LogP contribution in [-0.4, -0.2) is 56.5 Å². The maximum absolute atomic E-state index is 10.4. The van der Waals surface area contributed by atoms with E-state index in [-0.39, 0.29) is 22.1 Å². The monoisotopic (exact) mass is 332 g/mol. The fourth-order valence-electron chi connectivity index (χ4n) is 1.66. The lowest BCUT2D eigenvalue weighted by Gasteiger charge is -1.99. The van der Waals surface area contributed by atoms with Crippen molar-refractivity contribution in [1.29, 1.82) is 0 Å². The zero-order valence-electron chi connectivity index (χ0n) is 12.3. The van der Waals surface area contributed by atoms with Gasteiger partial charge in [0.05, 0.1) is 11.1 Å². The normalized spacial score (nSPS) is 9.50. The molecule has 2 rings (SSSR count). The van der Waals surface area contributed by atoms with E-state index in [4.69, 9.17) is 30.3 Å². The maximum atomic E-state index is 10.4. The van der Waals surface area contributed by atoms with Crippen LogP contribution in [0.5, 0.6) is 0 Å². The minimum Gasteiger partial charge on any atom is -0.478 e. The summed E-state index contributed by atoms with van der Waals surface area (Å²) >= 11 is 0. The molecule has 2 aromatic carbocycles. The number of hydrogen-bond acceptors (Lipinski definition) is 6. The largest absolute Gasteiger partial charge is 0.488 e. The van der Waals surface area contributed by atoms with Gasteiger partial charge in [-0.05, 0) is 35.2 Å². The van der Waals surface area contributed by atoms with E-state index in [9.17, 15) is 9.59 Å². The average Bonchev–Trinajstić information content (AvgIpc) is 2.55. The van der Waals surface area contributed by atoms with Gasteiger partial charge in [-0.2, -0.15) is 0 Å². The summed E-state index contributed by atoms with van der Waals surface area (Å²) in [6.45, 7) is 0. The lowest BCUT2D eigenvalue weighted by atomic mass is 9.80. The van der Waals surface area contributed by atoms with E-state index in [2.05, 4.69) is 0 Å². The van der Waals surface area contributed by atoms with Crippen molar-refractivity contribution in [3.63, 3.8) is 0 Å². The van der Waals surface area contributed by atoms with E-state index in [0.717, 1.165) is 0 Å². The molecule has 0 saturated heterocycles. The Morgan fingerprint density at radius 3 is 1.25 bits per heavy atom. The van der Waals surface area contributed by atoms with E-state index < -0.39 is 26.2 Å². The minimum absolute atomic E-state index is 0.0422. The number of carbonyl (C=O) groups is 2. The van der Waals surface area contributed by atoms with Crippen molar-refractivity contribution in [2.45, 2.75) is 0 Å². The Kier molecular flexibility index (Phi) is 7.15. The molecule has 0 bridgehead atoms. The summed E-state index contributed by atoms with van der Waals surface area (Å²) in [5.74, 6) is -2.17. The third kappa shape index (κ3) is 5.86. The van der Waals surface area contributed by atoms with Crippen molar-refractivity contribution in [3.05, 3.63) is 59.7 Å². The Labute approximate surface area is 137 Å². The Morgan fingerprint density at radius 1 is 0.667 bits per heavy atom. The molecule has 0 amide bonds. The molecule has 124 valence electrons. The fraction of sp³-hybridized carbons (Fsp3) is 0. The maximum Gasteiger partial charge on any atom is 0.488 e. The molecule has 0 fully saturated rings. The summed E-state index contributed by atoms with van der Waals surface area (Å²) in [6, 6.07) is 11.0. The number of rotatable bonds is 4. The Hall–Kier alpha value is -2.65. The van der Waals surface area contributed by atoms with Gasteiger partial charge in [-0.3, -0.25) is 0 Å². The van der Waals surface area contributed by atoms with Crippen LogP contribution < -0.4 is 10.9 Å². The Morgan fingerprint density at radius 2 is 1.00 bits per heavy atom. The predicted molar refractivity (Wildman–Crippen MR) is 86.5 cm³/mol. The molecule has 8 nitrogen and oxygen atoms in total. The smallest absolute Gasteiger partial charge is 0.478 e. The summed E-state index contributed by atoms with van der Waals surface area (Å²) in [7, 11) is -3.24. The number of benzene rings is 2. The molecule has 6 N–H and O–H groups in total. The molecule has 24 heavy (non-hydrogen) atoms. The molecule has 0 aliphatic rings. The molecule has 0 aliphatic carbocycles. The van der Waals surface area contributed by atoms with Crippen LogP contribution in [0.2, 0.25) is 0 Å². The zero-order valence-corrected chi connectivity index (χ0v) is 12.3. The van der Waals surface area contributed by atoms with Crippen LogP contribution in [0.25, 0.3) is 0 Å². The van der Waals surface area contributed by atoms with Gasteiger partial charge < -0.3 is 30.3 Å². The van der Waals surface area contributed by atoms with Gasteiger partial charge in [0.2, 0.25) is 0 Å². The van der Waals surface area contributed by atoms with Crippen LogP contribution in [0, 0.1) is 0 Å². The van der Waals surface area contributed by atoms with Gasteiger partial charge in [-0.15, -0.1) is 0 Å². The van der Waals surface area contributed by atoms with Gasteiger partial charge in [0.15, 0.2) is 0 Å². The van der Waals surface area contributed by atoms with Crippen LogP contribution in [0.1, 0.15) is 20.7 Å². The van der Waals surface area contributed by atoms with E-state index in [1.54, 1.807) is 0 Å². The fourth-order valence-corrected chi connectivity index (χ4v) is 1.66. The second-order valence-corrected chi connectivity index (χ2v) is 4.61. The molecular weight excluding hydrogens is 318 g/mol. The van der Waals surface area contributed by atoms with E-state index in [0.29, 0.717) is 0 Å². The van der Waals surface area contributed by atoms with Crippen molar-refractivity contribution >= 4 is 37.1 Å². The van der Waals surface area contributed by atoms with Crippen molar-refractivity contribution in [3.8, 4) is 0 Å². The topological polar surface area (TPSA) is 156 Å². The molecule has 0 aliphatic heterocycles. The van der Waals surface area contributed by atoms with Gasteiger partial charge in [0.25, 0.3) is 0 Å². The number of carboxylic acids is 2. The van der Waals surface area contributed by atoms with E-state index in [1.165, 1.54) is 48.5 Å². The quantitative estimate of drug-likeness (QED) is 0.356. The highest BCUT2D eigenvalue weighted by Gasteiger charge is 2.13. The Balaban J connectivity index is 0.000000240. The summed E-state index contributed by atoms with van der Waals surface area (Å²) in [5.41, 5.74) is 0.436. The molecule has 0 heterocycles. The van der Waals surface area contributed by atoms with Crippen molar-refractivity contribution in [1.82, 2.24) is 0 Å². The number of hydrogen-bond donors (Lipinski definition) is 6. The molecule has 0 atom stereocenters. The summed E-state index contributed by atoms with van der Waals surface area (Å²) in [4.78, 5) is 20.8. The van der Waals surface area contributed by atoms with Crippen LogP contribution in [0.15, 0.2) is 48.5 Å². The van der Waals surface area contributed by atoms with Gasteiger partial charge in [0, 0.05) is 0 Å². The lowest BCUT2D eigenvalue weighted by Crippen LogP contribution is -2.30. The molecule has 0 spiro atoms. The van der Waals surface area contributed by atoms with Crippen molar-refractivity contribution < 1.29 is 39.9 Å². The molecular formula is C14H14B2O8. The average molecular weight is 332 g/mol. The highest BCUT2D eigenvalue weighted by molar-refractivity contribution is 6.59. The van der Waals surface area contributed by atoms with Crippen molar-refractivity contribution in [2.75, 3.05) is 0 Å². The first-order valence-corrected chi connectivity index (χ1v) is 6.61. The lowest BCUT2D eigenvalue weighted by molar-refractivity contribution is 0.0686. The summed E-state index contributed by atoms with van der Waals surface area (Å²) in [5, 5.41) is 51.8. The SMILES string of the molecule is O=C(O)c1cccc(B(O)O)c1.O=C(O)c1cccc(B(O)O)c1.